The van der Waals surface area contributed by atoms with Gasteiger partial charge in [0.25, 0.3) is 5.91 Å². The molecule has 152 valence electrons. The Morgan fingerprint density at radius 1 is 1.10 bits per heavy atom. The van der Waals surface area contributed by atoms with E-state index in [4.69, 9.17) is 11.6 Å². The lowest BCUT2D eigenvalue weighted by atomic mass is 10.1. The van der Waals surface area contributed by atoms with Crippen molar-refractivity contribution in [3.8, 4) is 0 Å². The maximum atomic E-state index is 13.3. The van der Waals surface area contributed by atoms with Gasteiger partial charge in [0.2, 0.25) is 5.96 Å². The lowest BCUT2D eigenvalue weighted by molar-refractivity contribution is -0.136. The average Bonchev–Trinajstić information content (AvgIpc) is 3.19. The third-order valence-corrected chi connectivity index (χ3v) is 6.04. The molecule has 1 fully saturated rings. The van der Waals surface area contributed by atoms with Crippen LogP contribution in [0.5, 0.6) is 0 Å². The van der Waals surface area contributed by atoms with Crippen LogP contribution in [-0.4, -0.2) is 75.6 Å². The molecular weight excluding hydrogens is 394 g/mol. The largest absolute Gasteiger partial charge is 0.328 e. The van der Waals surface area contributed by atoms with Gasteiger partial charge in [-0.15, -0.1) is 0 Å². The Balaban J connectivity index is 1.63. The third-order valence-electron chi connectivity index (χ3n) is 5.79. The first kappa shape index (κ1) is 19.4. The van der Waals surface area contributed by atoms with Crippen LogP contribution in [0.2, 0.25) is 5.02 Å². The number of guanidine groups is 1. The van der Waals surface area contributed by atoms with Crippen molar-refractivity contribution < 1.29 is 14.4 Å². The number of hydrogen-bond donors (Lipinski definition) is 0. The van der Waals surface area contributed by atoms with Crippen LogP contribution < -0.4 is 0 Å². The summed E-state index contributed by atoms with van der Waals surface area (Å²) in [6, 6.07) is 5.19. The van der Waals surface area contributed by atoms with Crippen molar-refractivity contribution >= 4 is 35.3 Å². The Kier molecular flexibility index (Phi) is 4.61. The van der Waals surface area contributed by atoms with E-state index >= 15 is 0 Å². The Morgan fingerprint density at radius 3 is 2.38 bits per heavy atom. The molecule has 0 N–H and O–H groups in total. The monoisotopic (exact) mass is 415 g/mol. The van der Waals surface area contributed by atoms with Gasteiger partial charge in [0.1, 0.15) is 0 Å². The molecule has 2 atom stereocenters. The second-order valence-electron chi connectivity index (χ2n) is 7.32. The summed E-state index contributed by atoms with van der Waals surface area (Å²) in [5.74, 6) is -0.0601. The molecule has 1 aromatic rings. The number of nitrogens with zero attached hydrogens (tertiary/aromatic N) is 5. The molecule has 0 aromatic heterocycles. The average molecular weight is 416 g/mol. The Morgan fingerprint density at radius 2 is 1.76 bits per heavy atom. The fourth-order valence-corrected chi connectivity index (χ4v) is 4.20. The second-order valence-corrected chi connectivity index (χ2v) is 7.76. The van der Waals surface area contributed by atoms with Crippen molar-refractivity contribution in [2.24, 2.45) is 4.99 Å². The molecule has 8 nitrogen and oxygen atoms in total. The topological polar surface area (TPSA) is 76.5 Å². The fourth-order valence-electron chi connectivity index (χ4n) is 4.08. The third kappa shape index (κ3) is 2.81. The van der Waals surface area contributed by atoms with E-state index in [0.29, 0.717) is 23.1 Å². The Hall–Kier alpha value is -2.87. The van der Waals surface area contributed by atoms with Crippen LogP contribution in [0, 0.1) is 0 Å². The number of rotatable bonds is 4. The molecule has 3 aliphatic heterocycles. The van der Waals surface area contributed by atoms with Crippen molar-refractivity contribution in [2.45, 2.75) is 33.0 Å². The summed E-state index contributed by atoms with van der Waals surface area (Å²) in [5, 5.41) is 0.511. The molecule has 1 aromatic carbocycles. The number of halogens is 1. The predicted octanol–water partition coefficient (Wildman–Crippen LogP) is 2.37. The zero-order valence-corrected chi connectivity index (χ0v) is 17.5. The summed E-state index contributed by atoms with van der Waals surface area (Å²) < 4.78 is 0. The molecular formula is C20H22ClN5O3. The van der Waals surface area contributed by atoms with Gasteiger partial charge in [0.05, 0.1) is 6.54 Å². The summed E-state index contributed by atoms with van der Waals surface area (Å²) in [6.45, 7) is 6.32. The number of hydrogen-bond acceptors (Lipinski definition) is 6. The number of amides is 3. The first-order valence-corrected chi connectivity index (χ1v) is 9.83. The number of Topliss-reactive ketones (excluding diaryl/α,β-unsaturated/α-hetero) is 1. The van der Waals surface area contributed by atoms with Gasteiger partial charge in [-0.25, -0.2) is 9.79 Å². The lowest BCUT2D eigenvalue weighted by Gasteiger charge is -2.40. The smallest absolute Gasteiger partial charge is 0.315 e. The number of fused-ring (bicyclic) bond motifs is 3. The van der Waals surface area contributed by atoms with Gasteiger partial charge >= 0.3 is 6.03 Å². The molecule has 2 unspecified atom stereocenters. The molecule has 3 heterocycles. The van der Waals surface area contributed by atoms with Gasteiger partial charge in [-0.3, -0.25) is 19.4 Å². The van der Waals surface area contributed by atoms with Crippen LogP contribution in [0.3, 0.4) is 0 Å². The zero-order valence-electron chi connectivity index (χ0n) is 16.7. The van der Waals surface area contributed by atoms with E-state index in [1.54, 1.807) is 31.3 Å². The molecule has 0 saturated carbocycles. The van der Waals surface area contributed by atoms with Gasteiger partial charge < -0.3 is 9.80 Å². The van der Waals surface area contributed by atoms with Crippen LogP contribution in [-0.2, 0) is 4.79 Å². The first-order valence-electron chi connectivity index (χ1n) is 9.45. The van der Waals surface area contributed by atoms with Gasteiger partial charge in [-0.1, -0.05) is 11.6 Å². The van der Waals surface area contributed by atoms with Crippen LogP contribution in [0.4, 0.5) is 4.79 Å². The highest BCUT2D eigenvalue weighted by Gasteiger charge is 2.55. The van der Waals surface area contributed by atoms with E-state index in [0.717, 1.165) is 16.3 Å². The molecule has 3 amide bonds. The van der Waals surface area contributed by atoms with Gasteiger partial charge in [-0.05, 0) is 45.0 Å². The summed E-state index contributed by atoms with van der Waals surface area (Å²) in [5.41, 5.74) is 2.35. The van der Waals surface area contributed by atoms with E-state index in [9.17, 15) is 14.4 Å². The summed E-state index contributed by atoms with van der Waals surface area (Å²) in [6.07, 6.45) is -0.607. The van der Waals surface area contributed by atoms with Crippen molar-refractivity contribution in [3.63, 3.8) is 0 Å². The molecule has 0 radical (unpaired) electrons. The number of ketones is 1. The van der Waals surface area contributed by atoms with Crippen molar-refractivity contribution in [3.05, 3.63) is 46.2 Å². The number of allylic oxidation sites excluding steroid dienone is 2. The number of urea groups is 1. The van der Waals surface area contributed by atoms with Crippen LogP contribution in [0.25, 0.3) is 0 Å². The highest BCUT2D eigenvalue weighted by atomic mass is 35.5. The van der Waals surface area contributed by atoms with Crippen molar-refractivity contribution in [1.82, 2.24) is 19.6 Å². The second kappa shape index (κ2) is 6.88. The van der Waals surface area contributed by atoms with Crippen LogP contribution >= 0.6 is 11.6 Å². The SMILES string of the molecule is CCN1C2=NC3C(C(=O)N(CC(=O)c4ccc(Cl)cc4)C(=O)N3C)N2C(C)=C1C. The molecule has 0 aliphatic carbocycles. The minimum Gasteiger partial charge on any atom is -0.315 e. The lowest BCUT2D eigenvalue weighted by Crippen LogP contribution is -2.65. The van der Waals surface area contributed by atoms with Crippen LogP contribution in [0.15, 0.2) is 40.7 Å². The van der Waals surface area contributed by atoms with Gasteiger partial charge in [0.15, 0.2) is 18.0 Å². The van der Waals surface area contributed by atoms with E-state index in [-0.39, 0.29) is 12.3 Å². The van der Waals surface area contributed by atoms with E-state index in [1.807, 2.05) is 30.6 Å². The summed E-state index contributed by atoms with van der Waals surface area (Å²) in [7, 11) is 1.61. The molecule has 3 aliphatic rings. The number of aliphatic imine (C=N–C) groups is 1. The number of likely N-dealkylation sites (N-methyl/N-ethyl adjacent to an activating group) is 1. The van der Waals surface area contributed by atoms with Gasteiger partial charge in [-0.2, -0.15) is 0 Å². The molecule has 1 saturated heterocycles. The van der Waals surface area contributed by atoms with Gasteiger partial charge in [0, 0.05) is 35.6 Å². The fraction of sp³-hybridized carbons (Fsp3) is 0.400. The Bertz CT molecular complexity index is 971. The molecule has 29 heavy (non-hydrogen) atoms. The quantitative estimate of drug-likeness (QED) is 0.705. The maximum Gasteiger partial charge on any atom is 0.328 e. The number of benzene rings is 1. The first-order chi connectivity index (χ1) is 13.8. The maximum absolute atomic E-state index is 13.3. The normalized spacial score (nSPS) is 23.7. The van der Waals surface area contributed by atoms with E-state index in [2.05, 4.69) is 4.99 Å². The summed E-state index contributed by atoms with van der Waals surface area (Å²) >= 11 is 5.87. The predicted molar refractivity (Wildman–Crippen MR) is 108 cm³/mol. The highest BCUT2D eigenvalue weighted by molar-refractivity contribution is 6.30. The summed E-state index contributed by atoms with van der Waals surface area (Å²) in [4.78, 5) is 49.9. The van der Waals surface area contributed by atoms with Crippen LogP contribution in [0.1, 0.15) is 31.1 Å². The minimum absolute atomic E-state index is 0.324. The van der Waals surface area contributed by atoms with E-state index in [1.165, 1.54) is 4.90 Å². The van der Waals surface area contributed by atoms with E-state index < -0.39 is 24.1 Å². The molecule has 4 rings (SSSR count). The minimum atomic E-state index is -0.669. The van der Waals surface area contributed by atoms with Crippen molar-refractivity contribution in [1.29, 1.82) is 0 Å². The molecule has 0 bridgehead atoms. The Labute approximate surface area is 174 Å². The van der Waals surface area contributed by atoms with Crippen molar-refractivity contribution in [2.75, 3.05) is 20.1 Å². The number of carbonyl (C=O) groups excluding carboxylic acids is 3. The molecule has 0 spiro atoms. The zero-order chi connectivity index (χ0) is 21.0. The molecule has 9 heteroatoms. The highest BCUT2D eigenvalue weighted by Crippen LogP contribution is 2.37. The number of carbonyl (C=O) groups is 3. The number of imide groups is 1. The standard InChI is InChI=1S/C20H22ClN5O3/c1-5-24-11(2)12(3)26-16-17(22-19(24)26)23(4)20(29)25(18(16)28)10-15(27)13-6-8-14(21)9-7-13/h6-9,16-17H,5,10H2,1-4H3.